The minimum Gasteiger partial charge on any atom is -0.480 e. The second-order valence-electron chi connectivity index (χ2n) is 4.29. The molecular formula is C15H17NO5. The van der Waals surface area contributed by atoms with Gasteiger partial charge in [-0.25, -0.2) is 4.79 Å². The van der Waals surface area contributed by atoms with Gasteiger partial charge < -0.3 is 15.2 Å². The molecular weight excluding hydrogens is 274 g/mol. The Hall–Kier alpha value is -2.63. The van der Waals surface area contributed by atoms with E-state index in [-0.39, 0.29) is 6.42 Å². The minimum atomic E-state index is -1.15. The zero-order chi connectivity index (χ0) is 15.7. The van der Waals surface area contributed by atoms with Gasteiger partial charge in [0.25, 0.3) is 5.91 Å². The smallest absolute Gasteiger partial charge is 0.326 e. The Labute approximate surface area is 122 Å². The molecule has 1 atom stereocenters. The van der Waals surface area contributed by atoms with E-state index in [1.165, 1.54) is 6.92 Å². The summed E-state index contributed by atoms with van der Waals surface area (Å²) in [6, 6.07) is 8.32. The number of benzene rings is 1. The van der Waals surface area contributed by atoms with Crippen molar-refractivity contribution in [2.75, 3.05) is 6.61 Å². The first-order chi connectivity index (χ1) is 9.99. The molecule has 6 nitrogen and oxygen atoms in total. The number of nitrogens with one attached hydrogen (secondary N) is 1. The minimum absolute atomic E-state index is 0.135. The Bertz CT molecular complexity index is 524. The van der Waals surface area contributed by atoms with Crippen LogP contribution in [0.25, 0.3) is 6.08 Å². The van der Waals surface area contributed by atoms with Crippen molar-refractivity contribution >= 4 is 23.9 Å². The van der Waals surface area contributed by atoms with Gasteiger partial charge in [-0.05, 0) is 12.0 Å². The average molecular weight is 291 g/mol. The molecule has 0 heterocycles. The van der Waals surface area contributed by atoms with Crippen LogP contribution in [0.1, 0.15) is 18.9 Å². The molecule has 112 valence electrons. The van der Waals surface area contributed by atoms with Crippen molar-refractivity contribution < 1.29 is 24.2 Å². The average Bonchev–Trinajstić information content (AvgIpc) is 2.45. The second-order valence-corrected chi connectivity index (χ2v) is 4.29. The monoisotopic (exact) mass is 291 g/mol. The third-order valence-corrected chi connectivity index (χ3v) is 2.52. The van der Waals surface area contributed by atoms with Crippen molar-refractivity contribution in [2.45, 2.75) is 19.4 Å². The number of carboxylic acid groups (broad SMARTS) is 1. The van der Waals surface area contributed by atoms with E-state index in [9.17, 15) is 14.4 Å². The van der Waals surface area contributed by atoms with E-state index in [1.54, 1.807) is 12.2 Å². The van der Waals surface area contributed by atoms with Crippen LogP contribution in [0.2, 0.25) is 0 Å². The Morgan fingerprint density at radius 3 is 2.52 bits per heavy atom. The van der Waals surface area contributed by atoms with Crippen molar-refractivity contribution in [3.05, 3.63) is 42.0 Å². The van der Waals surface area contributed by atoms with Crippen molar-refractivity contribution in [2.24, 2.45) is 0 Å². The highest BCUT2D eigenvalue weighted by molar-refractivity contribution is 5.85. The number of rotatable bonds is 7. The Kier molecular flexibility index (Phi) is 6.67. The molecule has 6 heteroatoms. The third-order valence-electron chi connectivity index (χ3n) is 2.52. The molecule has 0 radical (unpaired) electrons. The van der Waals surface area contributed by atoms with Crippen LogP contribution in [-0.2, 0) is 19.1 Å². The topological polar surface area (TPSA) is 92.7 Å². The zero-order valence-corrected chi connectivity index (χ0v) is 11.6. The first-order valence-electron chi connectivity index (χ1n) is 6.36. The molecule has 1 amide bonds. The maximum absolute atomic E-state index is 11.4. The van der Waals surface area contributed by atoms with Gasteiger partial charge in [0.15, 0.2) is 6.61 Å². The number of hydrogen-bond donors (Lipinski definition) is 2. The van der Waals surface area contributed by atoms with Crippen LogP contribution < -0.4 is 5.32 Å². The van der Waals surface area contributed by atoms with E-state index in [2.05, 4.69) is 10.1 Å². The fourth-order valence-corrected chi connectivity index (χ4v) is 1.53. The molecule has 1 rings (SSSR count). The maximum atomic E-state index is 11.4. The summed E-state index contributed by atoms with van der Waals surface area (Å²) >= 11 is 0. The van der Waals surface area contributed by atoms with Crippen LogP contribution >= 0.6 is 0 Å². The lowest BCUT2D eigenvalue weighted by atomic mass is 10.1. The standard InChI is InChI=1S/C15H17NO5/c1-11(17)21-10-14(18)16-13(15(19)20)9-5-8-12-6-3-2-4-7-12/h2-8,13H,9-10H2,1H3,(H,16,18)(H,19,20)/b8-5+/t13-/m1/s1. The Morgan fingerprint density at radius 1 is 1.29 bits per heavy atom. The summed E-state index contributed by atoms with van der Waals surface area (Å²) in [7, 11) is 0. The summed E-state index contributed by atoms with van der Waals surface area (Å²) in [5.74, 6) is -2.39. The predicted molar refractivity (Wildman–Crippen MR) is 76.3 cm³/mol. The molecule has 0 saturated carbocycles. The number of carboxylic acids is 1. The van der Waals surface area contributed by atoms with E-state index in [0.717, 1.165) is 5.56 Å². The molecule has 0 fully saturated rings. The summed E-state index contributed by atoms with van der Waals surface area (Å²) in [4.78, 5) is 33.0. The molecule has 1 aromatic rings. The first-order valence-corrected chi connectivity index (χ1v) is 6.36. The fraction of sp³-hybridized carbons (Fsp3) is 0.267. The molecule has 0 aromatic heterocycles. The van der Waals surface area contributed by atoms with Gasteiger partial charge in [0.05, 0.1) is 0 Å². The van der Waals surface area contributed by atoms with Gasteiger partial charge in [-0.15, -0.1) is 0 Å². The quantitative estimate of drug-likeness (QED) is 0.737. The van der Waals surface area contributed by atoms with E-state index >= 15 is 0 Å². The van der Waals surface area contributed by atoms with Crippen molar-refractivity contribution in [3.63, 3.8) is 0 Å². The highest BCUT2D eigenvalue weighted by atomic mass is 16.5. The highest BCUT2D eigenvalue weighted by Gasteiger charge is 2.18. The molecule has 21 heavy (non-hydrogen) atoms. The van der Waals surface area contributed by atoms with Crippen molar-refractivity contribution in [3.8, 4) is 0 Å². The first kappa shape index (κ1) is 16.4. The number of esters is 1. The summed E-state index contributed by atoms with van der Waals surface area (Å²) in [6.07, 6.45) is 3.57. The zero-order valence-electron chi connectivity index (χ0n) is 11.6. The van der Waals surface area contributed by atoms with Crippen molar-refractivity contribution in [1.82, 2.24) is 5.32 Å². The van der Waals surface area contributed by atoms with E-state index in [4.69, 9.17) is 5.11 Å². The van der Waals surface area contributed by atoms with Gasteiger partial charge in [-0.3, -0.25) is 9.59 Å². The van der Waals surface area contributed by atoms with Crippen LogP contribution in [-0.4, -0.2) is 35.6 Å². The lowest BCUT2D eigenvalue weighted by molar-refractivity contribution is -0.147. The lowest BCUT2D eigenvalue weighted by Crippen LogP contribution is -2.42. The van der Waals surface area contributed by atoms with Crippen LogP contribution in [0, 0.1) is 0 Å². The molecule has 0 saturated heterocycles. The molecule has 0 aliphatic heterocycles. The lowest BCUT2D eigenvalue weighted by Gasteiger charge is -2.12. The fourth-order valence-electron chi connectivity index (χ4n) is 1.53. The number of hydrogen-bond acceptors (Lipinski definition) is 4. The van der Waals surface area contributed by atoms with Gasteiger partial charge in [-0.1, -0.05) is 42.5 Å². The summed E-state index contributed by atoms with van der Waals surface area (Å²) in [5, 5.41) is 11.3. The Balaban J connectivity index is 2.50. The van der Waals surface area contributed by atoms with Gasteiger partial charge >= 0.3 is 11.9 Å². The van der Waals surface area contributed by atoms with Gasteiger partial charge in [0, 0.05) is 6.92 Å². The number of carbonyl (C=O) groups is 3. The van der Waals surface area contributed by atoms with Crippen LogP contribution in [0.5, 0.6) is 0 Å². The number of amides is 1. The highest BCUT2D eigenvalue weighted by Crippen LogP contribution is 2.03. The van der Waals surface area contributed by atoms with Gasteiger partial charge in [0.1, 0.15) is 6.04 Å². The van der Waals surface area contributed by atoms with E-state index in [0.29, 0.717) is 0 Å². The molecule has 0 unspecified atom stereocenters. The molecule has 0 spiro atoms. The van der Waals surface area contributed by atoms with Gasteiger partial charge in [0.2, 0.25) is 0 Å². The predicted octanol–water partition coefficient (Wildman–Crippen LogP) is 1.22. The van der Waals surface area contributed by atoms with Crippen molar-refractivity contribution in [1.29, 1.82) is 0 Å². The molecule has 0 aliphatic rings. The number of carbonyl (C=O) groups excluding carboxylic acids is 2. The Morgan fingerprint density at radius 2 is 1.95 bits per heavy atom. The third kappa shape index (κ3) is 6.91. The molecule has 1 aromatic carbocycles. The normalized spacial score (nSPS) is 11.9. The largest absolute Gasteiger partial charge is 0.480 e. The summed E-state index contributed by atoms with van der Waals surface area (Å²) in [5.41, 5.74) is 0.938. The second kappa shape index (κ2) is 8.52. The number of ether oxygens (including phenoxy) is 1. The SMILES string of the molecule is CC(=O)OCC(=O)N[C@H](C/C=C/c1ccccc1)C(=O)O. The summed E-state index contributed by atoms with van der Waals surface area (Å²) < 4.78 is 4.50. The molecule has 0 aliphatic carbocycles. The van der Waals surface area contributed by atoms with E-state index in [1.807, 2.05) is 30.3 Å². The van der Waals surface area contributed by atoms with Crippen LogP contribution in [0.3, 0.4) is 0 Å². The maximum Gasteiger partial charge on any atom is 0.326 e. The van der Waals surface area contributed by atoms with Crippen LogP contribution in [0.15, 0.2) is 36.4 Å². The summed E-state index contributed by atoms with van der Waals surface area (Å²) in [6.45, 7) is 0.687. The van der Waals surface area contributed by atoms with Crippen LogP contribution in [0.4, 0.5) is 0 Å². The molecule has 2 N–H and O–H groups in total. The molecule has 0 bridgehead atoms. The van der Waals surface area contributed by atoms with Gasteiger partial charge in [-0.2, -0.15) is 0 Å². The van der Waals surface area contributed by atoms with E-state index < -0.39 is 30.5 Å². The number of aliphatic carboxylic acids is 1.